The molecular formula is C31H28Cl2N2O5. The van der Waals surface area contributed by atoms with Crippen LogP contribution in [0.15, 0.2) is 78.9 Å². The average Bonchev–Trinajstić information content (AvgIpc) is 2.90. The van der Waals surface area contributed by atoms with E-state index in [-0.39, 0.29) is 21.8 Å². The molecule has 0 aliphatic carbocycles. The Morgan fingerprint density at radius 1 is 0.775 bits per heavy atom. The highest BCUT2D eigenvalue weighted by Gasteiger charge is 2.21. The van der Waals surface area contributed by atoms with E-state index in [0.717, 1.165) is 5.56 Å². The number of methoxy groups -OCH3 is 1. The number of benzene rings is 4. The van der Waals surface area contributed by atoms with Crippen LogP contribution in [-0.2, 0) is 5.41 Å². The number of nitrogens with one attached hydrogen (secondary N) is 2. The zero-order valence-electron chi connectivity index (χ0n) is 22.3. The molecule has 9 heteroatoms. The molecule has 0 radical (unpaired) electrons. The number of anilines is 2. The van der Waals surface area contributed by atoms with Gasteiger partial charge < -0.3 is 25.2 Å². The number of urea groups is 1. The molecule has 0 unspecified atom stereocenters. The summed E-state index contributed by atoms with van der Waals surface area (Å²) in [5.74, 6) is 0.164. The summed E-state index contributed by atoms with van der Waals surface area (Å²) in [6, 6.07) is 22.0. The molecule has 4 aromatic carbocycles. The second-order valence-corrected chi connectivity index (χ2v) is 10.8. The van der Waals surface area contributed by atoms with Crippen LogP contribution in [0.5, 0.6) is 17.2 Å². The third kappa shape index (κ3) is 6.68. The normalized spacial score (nSPS) is 11.1. The fourth-order valence-corrected chi connectivity index (χ4v) is 4.57. The van der Waals surface area contributed by atoms with Crippen LogP contribution in [0.2, 0.25) is 10.0 Å². The van der Waals surface area contributed by atoms with Gasteiger partial charge in [-0.05, 0) is 65.1 Å². The van der Waals surface area contributed by atoms with E-state index in [0.29, 0.717) is 39.0 Å². The standard InChI is InChI=1S/C31H28Cl2N2O5/c1-31(2,3)22-7-5-6-8-27(22)40-28-14-10-19(18-9-13-26(39-4)21(15-18)29(36)37)16-25(28)35-30(38)34-24-12-11-20(32)17-23(24)33/h5-17H,1-4H3,(H,36,37)(H2,34,35,38). The molecule has 0 aromatic heterocycles. The maximum Gasteiger partial charge on any atom is 0.339 e. The first-order valence-corrected chi connectivity index (χ1v) is 13.1. The summed E-state index contributed by atoms with van der Waals surface area (Å²) in [5.41, 5.74) is 2.82. The van der Waals surface area contributed by atoms with Crippen molar-refractivity contribution < 1.29 is 24.2 Å². The van der Waals surface area contributed by atoms with Crippen LogP contribution in [0.4, 0.5) is 16.2 Å². The lowest BCUT2D eigenvalue weighted by Crippen LogP contribution is -2.20. The number of hydrogen-bond donors (Lipinski definition) is 3. The average molecular weight is 579 g/mol. The van der Waals surface area contributed by atoms with Gasteiger partial charge in [0.2, 0.25) is 0 Å². The summed E-state index contributed by atoms with van der Waals surface area (Å²) >= 11 is 12.2. The van der Waals surface area contributed by atoms with Crippen molar-refractivity contribution in [2.45, 2.75) is 26.2 Å². The predicted octanol–water partition coefficient (Wildman–Crippen LogP) is 9.10. The quantitative estimate of drug-likeness (QED) is 0.203. The minimum atomic E-state index is -1.12. The van der Waals surface area contributed by atoms with E-state index in [1.165, 1.54) is 19.2 Å². The molecule has 0 saturated carbocycles. The maximum absolute atomic E-state index is 13.1. The van der Waals surface area contributed by atoms with Gasteiger partial charge in [0.15, 0.2) is 5.75 Å². The van der Waals surface area contributed by atoms with E-state index in [9.17, 15) is 14.7 Å². The number of para-hydroxylation sites is 1. The van der Waals surface area contributed by atoms with E-state index in [4.69, 9.17) is 32.7 Å². The highest BCUT2D eigenvalue weighted by atomic mass is 35.5. The molecule has 2 amide bonds. The lowest BCUT2D eigenvalue weighted by atomic mass is 9.86. The van der Waals surface area contributed by atoms with Crippen molar-refractivity contribution >= 4 is 46.6 Å². The summed E-state index contributed by atoms with van der Waals surface area (Å²) < 4.78 is 11.5. The Morgan fingerprint density at radius 2 is 1.43 bits per heavy atom. The van der Waals surface area contributed by atoms with Crippen LogP contribution in [0.3, 0.4) is 0 Å². The highest BCUT2D eigenvalue weighted by molar-refractivity contribution is 6.36. The van der Waals surface area contributed by atoms with Crippen LogP contribution < -0.4 is 20.1 Å². The van der Waals surface area contributed by atoms with Gasteiger partial charge in [0.05, 0.1) is 23.5 Å². The number of carbonyl (C=O) groups excluding carboxylic acids is 1. The van der Waals surface area contributed by atoms with Gasteiger partial charge in [-0.15, -0.1) is 0 Å². The monoisotopic (exact) mass is 578 g/mol. The van der Waals surface area contributed by atoms with Crippen LogP contribution in [-0.4, -0.2) is 24.2 Å². The van der Waals surface area contributed by atoms with E-state index in [1.807, 2.05) is 24.3 Å². The fraction of sp³-hybridized carbons (Fsp3) is 0.161. The van der Waals surface area contributed by atoms with Gasteiger partial charge >= 0.3 is 12.0 Å². The fourth-order valence-electron chi connectivity index (χ4n) is 4.11. The van der Waals surface area contributed by atoms with Crippen molar-refractivity contribution in [1.82, 2.24) is 0 Å². The summed E-state index contributed by atoms with van der Waals surface area (Å²) in [6.07, 6.45) is 0. The van der Waals surface area contributed by atoms with Crippen LogP contribution in [0, 0.1) is 0 Å². The minimum Gasteiger partial charge on any atom is -0.496 e. The molecule has 0 spiro atoms. The van der Waals surface area contributed by atoms with Crippen LogP contribution in [0.1, 0.15) is 36.7 Å². The Kier molecular flexibility index (Phi) is 8.57. The minimum absolute atomic E-state index is 0.0177. The molecule has 7 nitrogen and oxygen atoms in total. The van der Waals surface area contributed by atoms with Gasteiger partial charge in [0, 0.05) is 10.6 Å². The molecular weight excluding hydrogens is 551 g/mol. The number of rotatable bonds is 7. The Hall–Kier alpha value is -4.20. The van der Waals surface area contributed by atoms with Crippen molar-refractivity contribution in [3.05, 3.63) is 100 Å². The molecule has 0 saturated heterocycles. The second kappa shape index (κ2) is 11.9. The molecule has 4 aromatic rings. The van der Waals surface area contributed by atoms with Gasteiger partial charge in [-0.2, -0.15) is 0 Å². The zero-order chi connectivity index (χ0) is 29.0. The number of carboxylic acid groups (broad SMARTS) is 1. The highest BCUT2D eigenvalue weighted by Crippen LogP contribution is 2.39. The smallest absolute Gasteiger partial charge is 0.339 e. The van der Waals surface area contributed by atoms with Gasteiger partial charge in [-0.25, -0.2) is 9.59 Å². The lowest BCUT2D eigenvalue weighted by molar-refractivity contribution is 0.0693. The lowest BCUT2D eigenvalue weighted by Gasteiger charge is -2.23. The van der Waals surface area contributed by atoms with E-state index >= 15 is 0 Å². The summed E-state index contributed by atoms with van der Waals surface area (Å²) in [7, 11) is 1.41. The first-order chi connectivity index (χ1) is 19.0. The second-order valence-electron chi connectivity index (χ2n) is 9.98. The predicted molar refractivity (Wildman–Crippen MR) is 160 cm³/mol. The summed E-state index contributed by atoms with van der Waals surface area (Å²) in [4.78, 5) is 24.8. The van der Waals surface area contributed by atoms with Gasteiger partial charge in [0.1, 0.15) is 17.1 Å². The molecule has 0 bridgehead atoms. The number of amides is 2. The molecule has 0 aliphatic heterocycles. The van der Waals surface area contributed by atoms with Gasteiger partial charge in [-0.3, -0.25) is 0 Å². The van der Waals surface area contributed by atoms with Crippen molar-refractivity contribution in [3.63, 3.8) is 0 Å². The SMILES string of the molecule is COc1ccc(-c2ccc(Oc3ccccc3C(C)(C)C)c(NC(=O)Nc3ccc(Cl)cc3Cl)c2)cc1C(=O)O. The third-order valence-corrected chi connectivity index (χ3v) is 6.63. The molecule has 40 heavy (non-hydrogen) atoms. The van der Waals surface area contributed by atoms with Crippen LogP contribution in [0.25, 0.3) is 11.1 Å². The van der Waals surface area contributed by atoms with Crippen molar-refractivity contribution in [1.29, 1.82) is 0 Å². The number of ether oxygens (including phenoxy) is 2. The molecule has 4 rings (SSSR count). The number of carbonyl (C=O) groups is 2. The van der Waals surface area contributed by atoms with E-state index in [2.05, 4.69) is 31.4 Å². The van der Waals surface area contributed by atoms with Crippen LogP contribution >= 0.6 is 23.2 Å². The van der Waals surface area contributed by atoms with Crippen molar-refractivity contribution in [2.24, 2.45) is 0 Å². The van der Waals surface area contributed by atoms with Gasteiger partial charge in [0.25, 0.3) is 0 Å². The largest absolute Gasteiger partial charge is 0.496 e. The summed E-state index contributed by atoms with van der Waals surface area (Å²) in [5, 5.41) is 15.9. The first kappa shape index (κ1) is 28.8. The third-order valence-electron chi connectivity index (χ3n) is 6.09. The molecule has 0 atom stereocenters. The zero-order valence-corrected chi connectivity index (χ0v) is 23.9. The molecule has 206 valence electrons. The Morgan fingerprint density at radius 3 is 2.08 bits per heavy atom. The molecule has 0 heterocycles. The van der Waals surface area contributed by atoms with Crippen molar-refractivity contribution in [2.75, 3.05) is 17.7 Å². The Balaban J connectivity index is 1.75. The molecule has 0 aliphatic rings. The maximum atomic E-state index is 13.1. The number of halogens is 2. The number of aromatic carboxylic acids is 1. The molecule has 3 N–H and O–H groups in total. The first-order valence-electron chi connectivity index (χ1n) is 12.3. The van der Waals surface area contributed by atoms with Gasteiger partial charge in [-0.1, -0.05) is 74.3 Å². The van der Waals surface area contributed by atoms with E-state index < -0.39 is 12.0 Å². The van der Waals surface area contributed by atoms with E-state index in [1.54, 1.807) is 42.5 Å². The number of hydrogen-bond acceptors (Lipinski definition) is 4. The number of carboxylic acids is 1. The Labute approximate surface area is 242 Å². The molecule has 0 fully saturated rings. The van der Waals surface area contributed by atoms with Crippen molar-refractivity contribution in [3.8, 4) is 28.4 Å². The topological polar surface area (TPSA) is 96.9 Å². The summed E-state index contributed by atoms with van der Waals surface area (Å²) in [6.45, 7) is 6.26. The Bertz CT molecular complexity index is 1580.